The first kappa shape index (κ1) is 12.7. The second kappa shape index (κ2) is 5.36. The smallest absolute Gasteiger partial charge is 0.0602 e. The van der Waals surface area contributed by atoms with Gasteiger partial charge in [0.2, 0.25) is 0 Å². The van der Waals surface area contributed by atoms with Gasteiger partial charge in [-0.2, -0.15) is 0 Å². The van der Waals surface area contributed by atoms with Gasteiger partial charge in [-0.05, 0) is 29.2 Å². The summed E-state index contributed by atoms with van der Waals surface area (Å²) in [5, 5.41) is 0.812. The fourth-order valence-corrected chi connectivity index (χ4v) is 3.08. The number of nitrogens with zero attached hydrogens (tertiary/aromatic N) is 1. The molecule has 0 bridgehead atoms. The average molecular weight is 272 g/mol. The van der Waals surface area contributed by atoms with Crippen LogP contribution in [0.5, 0.6) is 0 Å². The molecule has 98 valence electrons. The number of likely N-dealkylation sites (tertiary alicyclic amines) is 1. The summed E-state index contributed by atoms with van der Waals surface area (Å²) in [5.74, 6) is 0.797. The zero-order chi connectivity index (χ0) is 13.2. The summed E-state index contributed by atoms with van der Waals surface area (Å²) < 4.78 is 0. The summed E-state index contributed by atoms with van der Waals surface area (Å²) in [6, 6.07) is 19.3. The summed E-state index contributed by atoms with van der Waals surface area (Å²) in [6.07, 6.45) is 0. The predicted octanol–water partition coefficient (Wildman–Crippen LogP) is 4.38. The van der Waals surface area contributed by atoms with E-state index in [2.05, 4.69) is 54.3 Å². The molecule has 1 aliphatic rings. The lowest BCUT2D eigenvalue weighted by Gasteiger charge is -2.43. The maximum atomic E-state index is 6.15. The lowest BCUT2D eigenvalue weighted by atomic mass is 9.91. The molecule has 1 unspecified atom stereocenters. The van der Waals surface area contributed by atoms with Gasteiger partial charge < -0.3 is 0 Å². The lowest BCUT2D eigenvalue weighted by molar-refractivity contribution is 0.0796. The standard InChI is InChI=1S/C17H18ClN/c1-13-11-19(12-13)17(14-6-3-2-4-7-14)15-8-5-9-16(18)10-15/h2-10,13,17H,11-12H2,1H3. The molecule has 0 aromatic heterocycles. The van der Waals surface area contributed by atoms with Crippen LogP contribution in [0.2, 0.25) is 5.02 Å². The molecule has 3 rings (SSSR count). The third-order valence-corrected chi connectivity index (χ3v) is 3.97. The normalized spacial score (nSPS) is 18.0. The summed E-state index contributed by atoms with van der Waals surface area (Å²) in [4.78, 5) is 2.52. The molecule has 19 heavy (non-hydrogen) atoms. The van der Waals surface area contributed by atoms with Gasteiger partial charge in [0.1, 0.15) is 0 Å². The molecule has 0 saturated carbocycles. The van der Waals surface area contributed by atoms with Gasteiger partial charge in [0.25, 0.3) is 0 Å². The Hall–Kier alpha value is -1.31. The second-order valence-electron chi connectivity index (χ2n) is 5.43. The van der Waals surface area contributed by atoms with Crippen LogP contribution in [-0.2, 0) is 0 Å². The highest BCUT2D eigenvalue weighted by Crippen LogP contribution is 2.34. The van der Waals surface area contributed by atoms with Gasteiger partial charge in [0.15, 0.2) is 0 Å². The van der Waals surface area contributed by atoms with Gasteiger partial charge in [-0.25, -0.2) is 0 Å². The molecule has 0 radical (unpaired) electrons. The first-order chi connectivity index (χ1) is 9.24. The number of rotatable bonds is 3. The van der Waals surface area contributed by atoms with E-state index < -0.39 is 0 Å². The Labute approximate surface area is 119 Å². The van der Waals surface area contributed by atoms with E-state index in [1.165, 1.54) is 11.1 Å². The largest absolute Gasteiger partial charge is 0.292 e. The molecule has 1 saturated heterocycles. The molecule has 1 heterocycles. The Bertz CT molecular complexity index is 546. The quantitative estimate of drug-likeness (QED) is 0.801. The van der Waals surface area contributed by atoms with E-state index >= 15 is 0 Å². The fraction of sp³-hybridized carbons (Fsp3) is 0.294. The van der Waals surface area contributed by atoms with E-state index in [0.717, 1.165) is 24.0 Å². The summed E-state index contributed by atoms with van der Waals surface area (Å²) in [5.41, 5.74) is 2.63. The number of halogens is 1. The molecule has 2 aromatic rings. The molecule has 2 aromatic carbocycles. The maximum absolute atomic E-state index is 6.15. The summed E-state index contributed by atoms with van der Waals surface area (Å²) >= 11 is 6.15. The third-order valence-electron chi connectivity index (χ3n) is 3.74. The highest BCUT2D eigenvalue weighted by Gasteiger charge is 2.31. The minimum atomic E-state index is 0.330. The van der Waals surface area contributed by atoms with Crippen LogP contribution in [0.4, 0.5) is 0 Å². The van der Waals surface area contributed by atoms with Crippen molar-refractivity contribution < 1.29 is 0 Å². The van der Waals surface area contributed by atoms with Gasteiger partial charge in [-0.1, -0.05) is 61.0 Å². The molecule has 0 spiro atoms. The van der Waals surface area contributed by atoms with Crippen molar-refractivity contribution >= 4 is 11.6 Å². The Morgan fingerprint density at radius 1 is 1.00 bits per heavy atom. The van der Waals surface area contributed by atoms with Crippen LogP contribution in [0.25, 0.3) is 0 Å². The highest BCUT2D eigenvalue weighted by atomic mass is 35.5. The molecule has 1 aliphatic heterocycles. The van der Waals surface area contributed by atoms with Crippen molar-refractivity contribution in [3.63, 3.8) is 0 Å². The van der Waals surface area contributed by atoms with Crippen LogP contribution in [0.1, 0.15) is 24.1 Å². The first-order valence-electron chi connectivity index (χ1n) is 6.78. The van der Waals surface area contributed by atoms with Gasteiger partial charge in [0.05, 0.1) is 6.04 Å². The molecule has 0 aliphatic carbocycles. The van der Waals surface area contributed by atoms with E-state index in [9.17, 15) is 0 Å². The minimum Gasteiger partial charge on any atom is -0.292 e. The molecular formula is C17H18ClN. The van der Waals surface area contributed by atoms with Gasteiger partial charge in [-0.15, -0.1) is 0 Å². The van der Waals surface area contributed by atoms with Crippen LogP contribution < -0.4 is 0 Å². The van der Waals surface area contributed by atoms with Crippen LogP contribution in [0.15, 0.2) is 54.6 Å². The van der Waals surface area contributed by atoms with Crippen molar-refractivity contribution in [2.45, 2.75) is 13.0 Å². The van der Waals surface area contributed by atoms with Crippen LogP contribution in [0, 0.1) is 5.92 Å². The van der Waals surface area contributed by atoms with Crippen LogP contribution in [0.3, 0.4) is 0 Å². The van der Waals surface area contributed by atoms with E-state index in [1.54, 1.807) is 0 Å². The van der Waals surface area contributed by atoms with Crippen molar-refractivity contribution in [1.29, 1.82) is 0 Å². The first-order valence-corrected chi connectivity index (χ1v) is 7.16. The third kappa shape index (κ3) is 2.68. The molecular weight excluding hydrogens is 254 g/mol. The Morgan fingerprint density at radius 2 is 1.68 bits per heavy atom. The molecule has 1 atom stereocenters. The van der Waals surface area contributed by atoms with E-state index in [0.29, 0.717) is 6.04 Å². The minimum absolute atomic E-state index is 0.330. The molecule has 2 heteroatoms. The fourth-order valence-electron chi connectivity index (χ4n) is 2.88. The van der Waals surface area contributed by atoms with Crippen LogP contribution in [-0.4, -0.2) is 18.0 Å². The maximum Gasteiger partial charge on any atom is 0.0602 e. The number of hydrogen-bond acceptors (Lipinski definition) is 1. The Morgan fingerprint density at radius 3 is 2.32 bits per heavy atom. The van der Waals surface area contributed by atoms with Crippen molar-refractivity contribution in [2.75, 3.05) is 13.1 Å². The number of benzene rings is 2. The molecule has 0 amide bonds. The van der Waals surface area contributed by atoms with Crippen molar-refractivity contribution in [3.05, 3.63) is 70.7 Å². The van der Waals surface area contributed by atoms with E-state index in [1.807, 2.05) is 12.1 Å². The predicted molar refractivity (Wildman–Crippen MR) is 80.5 cm³/mol. The zero-order valence-corrected chi connectivity index (χ0v) is 11.8. The summed E-state index contributed by atoms with van der Waals surface area (Å²) in [6.45, 7) is 4.62. The average Bonchev–Trinajstić information content (AvgIpc) is 2.38. The number of hydrogen-bond donors (Lipinski definition) is 0. The highest BCUT2D eigenvalue weighted by molar-refractivity contribution is 6.30. The molecule has 1 nitrogen and oxygen atoms in total. The van der Waals surface area contributed by atoms with Crippen molar-refractivity contribution in [2.24, 2.45) is 5.92 Å². The second-order valence-corrected chi connectivity index (χ2v) is 5.86. The lowest BCUT2D eigenvalue weighted by Crippen LogP contribution is -2.47. The Kier molecular flexibility index (Phi) is 3.58. The van der Waals surface area contributed by atoms with E-state index in [4.69, 9.17) is 11.6 Å². The monoisotopic (exact) mass is 271 g/mol. The van der Waals surface area contributed by atoms with Crippen LogP contribution >= 0.6 is 11.6 Å². The summed E-state index contributed by atoms with van der Waals surface area (Å²) in [7, 11) is 0. The van der Waals surface area contributed by atoms with Gasteiger partial charge >= 0.3 is 0 Å². The Balaban J connectivity index is 1.97. The van der Waals surface area contributed by atoms with E-state index in [-0.39, 0.29) is 0 Å². The van der Waals surface area contributed by atoms with Gasteiger partial charge in [0, 0.05) is 18.1 Å². The topological polar surface area (TPSA) is 3.24 Å². The zero-order valence-electron chi connectivity index (χ0n) is 11.1. The SMILES string of the molecule is CC1CN(C(c2ccccc2)c2cccc(Cl)c2)C1. The van der Waals surface area contributed by atoms with Crippen molar-refractivity contribution in [3.8, 4) is 0 Å². The molecule has 1 fully saturated rings. The molecule has 0 N–H and O–H groups in total. The van der Waals surface area contributed by atoms with Crippen molar-refractivity contribution in [1.82, 2.24) is 4.90 Å². The van der Waals surface area contributed by atoms with Gasteiger partial charge in [-0.3, -0.25) is 4.90 Å².